The SMILES string of the molecule is CCC(Sc1ccc(Cl)cc1)C(=O)Nc1ccc(N2CCCC2)cc1. The van der Waals surface area contributed by atoms with E-state index in [1.54, 1.807) is 11.8 Å². The van der Waals surface area contributed by atoms with Crippen LogP contribution in [-0.2, 0) is 4.79 Å². The maximum Gasteiger partial charge on any atom is 0.237 e. The highest BCUT2D eigenvalue weighted by atomic mass is 35.5. The maximum atomic E-state index is 12.6. The molecule has 3 nitrogen and oxygen atoms in total. The summed E-state index contributed by atoms with van der Waals surface area (Å²) in [5, 5.41) is 3.62. The third-order valence-electron chi connectivity index (χ3n) is 4.36. The Morgan fingerprint density at radius 3 is 2.36 bits per heavy atom. The van der Waals surface area contributed by atoms with Gasteiger partial charge in [0.15, 0.2) is 0 Å². The van der Waals surface area contributed by atoms with Crippen LogP contribution in [0.4, 0.5) is 11.4 Å². The van der Waals surface area contributed by atoms with Crippen molar-refractivity contribution in [3.8, 4) is 0 Å². The Hall–Kier alpha value is -1.65. The van der Waals surface area contributed by atoms with Gasteiger partial charge < -0.3 is 10.2 Å². The van der Waals surface area contributed by atoms with Gasteiger partial charge in [-0.25, -0.2) is 0 Å². The summed E-state index contributed by atoms with van der Waals surface area (Å²) < 4.78 is 0. The van der Waals surface area contributed by atoms with Crippen LogP contribution in [0.15, 0.2) is 53.4 Å². The number of hydrogen-bond acceptors (Lipinski definition) is 3. The third-order valence-corrected chi connectivity index (χ3v) is 5.99. The normalized spacial score (nSPS) is 15.2. The number of halogens is 1. The standard InChI is InChI=1S/C20H23ClN2OS/c1-2-19(25-18-11-5-15(21)6-12-18)20(24)22-16-7-9-17(10-8-16)23-13-3-4-14-23/h5-12,19H,2-4,13-14H2,1H3,(H,22,24). The first kappa shape index (κ1) is 18.2. The second kappa shape index (κ2) is 8.63. The Balaban J connectivity index is 1.60. The molecule has 1 aliphatic heterocycles. The van der Waals surface area contributed by atoms with Crippen LogP contribution in [0.3, 0.4) is 0 Å². The van der Waals surface area contributed by atoms with Crippen LogP contribution in [0.1, 0.15) is 26.2 Å². The number of rotatable bonds is 6. The number of carbonyl (C=O) groups is 1. The van der Waals surface area contributed by atoms with Crippen LogP contribution in [0.25, 0.3) is 0 Å². The Kier molecular flexibility index (Phi) is 6.27. The van der Waals surface area contributed by atoms with Crippen molar-refractivity contribution < 1.29 is 4.79 Å². The van der Waals surface area contributed by atoms with Crippen molar-refractivity contribution in [2.45, 2.75) is 36.3 Å². The zero-order chi connectivity index (χ0) is 17.6. The molecule has 0 saturated carbocycles. The van der Waals surface area contributed by atoms with E-state index in [0.29, 0.717) is 5.02 Å². The molecule has 0 radical (unpaired) electrons. The molecule has 5 heteroatoms. The zero-order valence-corrected chi connectivity index (χ0v) is 15.9. The smallest absolute Gasteiger partial charge is 0.237 e. The minimum absolute atomic E-state index is 0.0383. The van der Waals surface area contributed by atoms with Crippen molar-refractivity contribution in [2.75, 3.05) is 23.3 Å². The minimum Gasteiger partial charge on any atom is -0.372 e. The fourth-order valence-electron chi connectivity index (χ4n) is 2.95. The number of benzene rings is 2. The van der Waals surface area contributed by atoms with Gasteiger partial charge in [-0.3, -0.25) is 4.79 Å². The summed E-state index contributed by atoms with van der Waals surface area (Å²) in [6.45, 7) is 4.28. The number of anilines is 2. The van der Waals surface area contributed by atoms with E-state index >= 15 is 0 Å². The van der Waals surface area contributed by atoms with E-state index < -0.39 is 0 Å². The zero-order valence-electron chi connectivity index (χ0n) is 14.4. The molecule has 2 aromatic rings. The van der Waals surface area contributed by atoms with Crippen LogP contribution >= 0.6 is 23.4 Å². The van der Waals surface area contributed by atoms with E-state index in [1.165, 1.54) is 18.5 Å². The number of carbonyl (C=O) groups excluding carboxylic acids is 1. The molecule has 1 fully saturated rings. The van der Waals surface area contributed by atoms with E-state index in [0.717, 1.165) is 30.1 Å². The number of nitrogens with zero attached hydrogens (tertiary/aromatic N) is 1. The van der Waals surface area contributed by atoms with Gasteiger partial charge in [0.1, 0.15) is 0 Å². The highest BCUT2D eigenvalue weighted by Gasteiger charge is 2.18. The Labute approximate surface area is 158 Å². The summed E-state index contributed by atoms with van der Waals surface area (Å²) in [6.07, 6.45) is 3.29. The van der Waals surface area contributed by atoms with Gasteiger partial charge in [0.2, 0.25) is 5.91 Å². The second-order valence-electron chi connectivity index (χ2n) is 6.20. The second-order valence-corrected chi connectivity index (χ2v) is 7.91. The van der Waals surface area contributed by atoms with Crippen LogP contribution in [0.2, 0.25) is 5.02 Å². The molecule has 1 amide bonds. The van der Waals surface area contributed by atoms with Crippen molar-refractivity contribution >= 4 is 40.6 Å². The molecule has 1 heterocycles. The fraction of sp³-hybridized carbons (Fsp3) is 0.350. The van der Waals surface area contributed by atoms with Crippen molar-refractivity contribution in [1.82, 2.24) is 0 Å². The summed E-state index contributed by atoms with van der Waals surface area (Å²) >= 11 is 7.49. The highest BCUT2D eigenvalue weighted by molar-refractivity contribution is 8.00. The summed E-state index contributed by atoms with van der Waals surface area (Å²) in [6, 6.07) is 15.8. The van der Waals surface area contributed by atoms with E-state index in [9.17, 15) is 4.79 Å². The molecule has 1 unspecified atom stereocenters. The molecule has 132 valence electrons. The molecule has 0 aliphatic carbocycles. The monoisotopic (exact) mass is 374 g/mol. The lowest BCUT2D eigenvalue weighted by molar-refractivity contribution is -0.115. The molecule has 1 saturated heterocycles. The number of amides is 1. The third kappa shape index (κ3) is 4.93. The van der Waals surface area contributed by atoms with Crippen LogP contribution < -0.4 is 10.2 Å². The fourth-order valence-corrected chi connectivity index (χ4v) is 4.03. The summed E-state index contributed by atoms with van der Waals surface area (Å²) in [4.78, 5) is 16.0. The number of thioether (sulfide) groups is 1. The van der Waals surface area contributed by atoms with E-state index in [1.807, 2.05) is 43.3 Å². The molecule has 1 N–H and O–H groups in total. The Morgan fingerprint density at radius 2 is 1.76 bits per heavy atom. The average molecular weight is 375 g/mol. The van der Waals surface area contributed by atoms with Gasteiger partial charge in [-0.05, 0) is 67.8 Å². The molecule has 0 spiro atoms. The predicted molar refractivity (Wildman–Crippen MR) is 108 cm³/mol. The summed E-state index contributed by atoms with van der Waals surface area (Å²) in [5.41, 5.74) is 2.08. The van der Waals surface area contributed by atoms with Crippen molar-refractivity contribution in [3.63, 3.8) is 0 Å². The van der Waals surface area contributed by atoms with Gasteiger partial charge in [-0.1, -0.05) is 18.5 Å². The number of hydrogen-bond donors (Lipinski definition) is 1. The first-order valence-corrected chi connectivity index (χ1v) is 9.99. The van der Waals surface area contributed by atoms with Crippen molar-refractivity contribution in [3.05, 3.63) is 53.6 Å². The topological polar surface area (TPSA) is 32.3 Å². The Bertz CT molecular complexity index is 697. The molecule has 1 atom stereocenters. The first-order chi connectivity index (χ1) is 12.2. The summed E-state index contributed by atoms with van der Waals surface area (Å²) in [5.74, 6) is 0.0383. The molecule has 2 aromatic carbocycles. The first-order valence-electron chi connectivity index (χ1n) is 8.74. The molecule has 3 rings (SSSR count). The quantitative estimate of drug-likeness (QED) is 0.682. The molecule has 0 bridgehead atoms. The van der Waals surface area contributed by atoms with Gasteiger partial charge in [-0.15, -0.1) is 11.8 Å². The summed E-state index contributed by atoms with van der Waals surface area (Å²) in [7, 11) is 0. The molecular weight excluding hydrogens is 352 g/mol. The van der Waals surface area contributed by atoms with Crippen LogP contribution in [0, 0.1) is 0 Å². The van der Waals surface area contributed by atoms with Gasteiger partial charge in [-0.2, -0.15) is 0 Å². The van der Waals surface area contributed by atoms with Gasteiger partial charge in [0.05, 0.1) is 5.25 Å². The highest BCUT2D eigenvalue weighted by Crippen LogP contribution is 2.28. The van der Waals surface area contributed by atoms with E-state index in [4.69, 9.17) is 11.6 Å². The van der Waals surface area contributed by atoms with Crippen molar-refractivity contribution in [1.29, 1.82) is 0 Å². The number of nitrogens with one attached hydrogen (secondary N) is 1. The maximum absolute atomic E-state index is 12.6. The van der Waals surface area contributed by atoms with E-state index in [2.05, 4.69) is 22.3 Å². The lowest BCUT2D eigenvalue weighted by Crippen LogP contribution is -2.24. The molecule has 0 aromatic heterocycles. The Morgan fingerprint density at radius 1 is 1.12 bits per heavy atom. The van der Waals surface area contributed by atoms with Gasteiger partial charge in [0.25, 0.3) is 0 Å². The average Bonchev–Trinajstić information content (AvgIpc) is 3.16. The lowest BCUT2D eigenvalue weighted by Gasteiger charge is -2.18. The minimum atomic E-state index is -0.126. The molecular formula is C20H23ClN2OS. The van der Waals surface area contributed by atoms with Gasteiger partial charge in [0, 0.05) is 34.4 Å². The van der Waals surface area contributed by atoms with Crippen LogP contribution in [0.5, 0.6) is 0 Å². The van der Waals surface area contributed by atoms with Gasteiger partial charge >= 0.3 is 0 Å². The van der Waals surface area contributed by atoms with Crippen LogP contribution in [-0.4, -0.2) is 24.2 Å². The van der Waals surface area contributed by atoms with Crippen molar-refractivity contribution in [2.24, 2.45) is 0 Å². The lowest BCUT2D eigenvalue weighted by atomic mass is 10.2. The van der Waals surface area contributed by atoms with E-state index in [-0.39, 0.29) is 11.2 Å². The molecule has 1 aliphatic rings. The molecule has 25 heavy (non-hydrogen) atoms. The largest absolute Gasteiger partial charge is 0.372 e. The predicted octanol–water partition coefficient (Wildman–Crippen LogP) is 5.45.